The van der Waals surface area contributed by atoms with Gasteiger partial charge in [0.15, 0.2) is 0 Å². The van der Waals surface area contributed by atoms with Crippen LogP contribution >= 0.6 is 15.9 Å². The fraction of sp³-hybridized carbons (Fsp3) is 0.125. The quantitative estimate of drug-likeness (QED) is 0.784. The first kappa shape index (κ1) is 14.1. The average molecular weight is 347 g/mol. The minimum Gasteiger partial charge on any atom is -0.386 e. The van der Waals surface area contributed by atoms with Gasteiger partial charge in [-0.05, 0) is 35.9 Å². The van der Waals surface area contributed by atoms with Crippen molar-refractivity contribution in [1.29, 1.82) is 0 Å². The molecular formula is C16H12BrFN2O. The Labute approximate surface area is 129 Å². The highest BCUT2D eigenvalue weighted by Crippen LogP contribution is 2.24. The maximum atomic E-state index is 13.3. The van der Waals surface area contributed by atoms with Gasteiger partial charge in [0.1, 0.15) is 11.9 Å². The summed E-state index contributed by atoms with van der Waals surface area (Å²) in [6.45, 7) is 0. The lowest BCUT2D eigenvalue weighted by molar-refractivity contribution is 0.173. The lowest BCUT2D eigenvalue weighted by Crippen LogP contribution is -2.06. The Bertz CT molecular complexity index is 794. The fourth-order valence-corrected chi connectivity index (χ4v) is 2.55. The van der Waals surface area contributed by atoms with Crippen molar-refractivity contribution in [3.05, 3.63) is 70.2 Å². The number of aromatic nitrogens is 2. The lowest BCUT2D eigenvalue weighted by Gasteiger charge is -2.12. The Hall–Kier alpha value is -1.85. The molecule has 3 rings (SSSR count). The van der Waals surface area contributed by atoms with Gasteiger partial charge in [-0.25, -0.2) is 9.37 Å². The molecule has 0 aliphatic carbocycles. The van der Waals surface area contributed by atoms with Crippen LogP contribution in [0.15, 0.2) is 53.1 Å². The normalized spacial score (nSPS) is 12.5. The van der Waals surface area contributed by atoms with Crippen LogP contribution in [-0.2, 0) is 6.42 Å². The second-order valence-corrected chi connectivity index (χ2v) is 5.59. The summed E-state index contributed by atoms with van der Waals surface area (Å²) in [6.07, 6.45) is 0.992. The molecule has 21 heavy (non-hydrogen) atoms. The Morgan fingerprint density at radius 2 is 1.90 bits per heavy atom. The van der Waals surface area contributed by atoms with Crippen LogP contribution < -0.4 is 0 Å². The van der Waals surface area contributed by atoms with E-state index >= 15 is 0 Å². The van der Waals surface area contributed by atoms with Crippen LogP contribution in [0.5, 0.6) is 0 Å². The molecule has 3 nitrogen and oxygen atoms in total. The summed E-state index contributed by atoms with van der Waals surface area (Å²) in [7, 11) is 0. The molecule has 0 spiro atoms. The maximum Gasteiger partial charge on any atom is 0.123 e. The molecule has 1 heterocycles. The van der Waals surface area contributed by atoms with E-state index in [0.717, 1.165) is 15.5 Å². The summed E-state index contributed by atoms with van der Waals surface area (Å²) in [5, 5.41) is 10.3. The number of hydrogen-bond acceptors (Lipinski definition) is 3. The first-order valence-electron chi connectivity index (χ1n) is 6.47. The molecule has 3 aromatic rings. The summed E-state index contributed by atoms with van der Waals surface area (Å²) in [5.41, 5.74) is 2.68. The van der Waals surface area contributed by atoms with Gasteiger partial charge in [-0.15, -0.1) is 0 Å². The molecule has 1 atom stereocenters. The van der Waals surface area contributed by atoms with Crippen molar-refractivity contribution in [2.24, 2.45) is 0 Å². The zero-order chi connectivity index (χ0) is 14.8. The third-order valence-electron chi connectivity index (χ3n) is 3.23. The van der Waals surface area contributed by atoms with Crippen molar-refractivity contribution in [2.45, 2.75) is 12.5 Å². The number of nitrogens with zero attached hydrogens (tertiary/aromatic N) is 2. The summed E-state index contributed by atoms with van der Waals surface area (Å²) in [4.78, 5) is 8.68. The van der Waals surface area contributed by atoms with Crippen LogP contribution in [0, 0.1) is 5.82 Å². The highest BCUT2D eigenvalue weighted by atomic mass is 79.9. The first-order chi connectivity index (χ1) is 10.1. The largest absolute Gasteiger partial charge is 0.386 e. The molecule has 0 radical (unpaired) electrons. The van der Waals surface area contributed by atoms with E-state index < -0.39 is 6.10 Å². The molecule has 0 amide bonds. The molecule has 1 N–H and O–H groups in total. The van der Waals surface area contributed by atoms with E-state index in [2.05, 4.69) is 25.9 Å². The number of halogens is 2. The fourth-order valence-electron chi connectivity index (χ4n) is 2.14. The number of hydrogen-bond donors (Lipinski definition) is 1. The van der Waals surface area contributed by atoms with Gasteiger partial charge in [-0.3, -0.25) is 4.98 Å². The predicted molar refractivity (Wildman–Crippen MR) is 82.3 cm³/mol. The molecule has 0 aliphatic rings. The first-order valence-corrected chi connectivity index (χ1v) is 7.26. The van der Waals surface area contributed by atoms with Crippen molar-refractivity contribution in [3.63, 3.8) is 0 Å². The standard InChI is InChI=1S/C16H12BrFN2O/c17-12-6-5-11(18)7-10(12)8-16(21)15-9-19-13-3-1-2-4-14(13)20-15/h1-7,9,16,21H,8H2. The Morgan fingerprint density at radius 1 is 1.14 bits per heavy atom. The molecule has 0 saturated heterocycles. The van der Waals surface area contributed by atoms with Crippen LogP contribution in [0.1, 0.15) is 17.4 Å². The van der Waals surface area contributed by atoms with Gasteiger partial charge >= 0.3 is 0 Å². The van der Waals surface area contributed by atoms with Gasteiger partial charge in [0.25, 0.3) is 0 Å². The van der Waals surface area contributed by atoms with Crippen LogP contribution in [0.3, 0.4) is 0 Å². The number of aliphatic hydroxyl groups excluding tert-OH is 1. The smallest absolute Gasteiger partial charge is 0.123 e. The number of aliphatic hydroxyl groups is 1. The van der Waals surface area contributed by atoms with Gasteiger partial charge in [0.2, 0.25) is 0 Å². The highest BCUT2D eigenvalue weighted by molar-refractivity contribution is 9.10. The summed E-state index contributed by atoms with van der Waals surface area (Å²) >= 11 is 3.36. The van der Waals surface area contributed by atoms with Gasteiger partial charge in [0, 0.05) is 10.9 Å². The Morgan fingerprint density at radius 3 is 2.71 bits per heavy atom. The second-order valence-electron chi connectivity index (χ2n) is 4.74. The molecule has 2 aromatic carbocycles. The van der Waals surface area contributed by atoms with Gasteiger partial charge in [0.05, 0.1) is 22.9 Å². The van der Waals surface area contributed by atoms with Crippen LogP contribution in [-0.4, -0.2) is 15.1 Å². The van der Waals surface area contributed by atoms with Gasteiger partial charge in [-0.1, -0.05) is 28.1 Å². The van der Waals surface area contributed by atoms with E-state index in [1.807, 2.05) is 24.3 Å². The molecule has 1 aromatic heterocycles. The minimum absolute atomic E-state index is 0.269. The molecule has 0 fully saturated rings. The molecule has 1 unspecified atom stereocenters. The van der Waals surface area contributed by atoms with E-state index in [4.69, 9.17) is 0 Å². The van der Waals surface area contributed by atoms with Crippen LogP contribution in [0.4, 0.5) is 4.39 Å². The van der Waals surface area contributed by atoms with Crippen molar-refractivity contribution < 1.29 is 9.50 Å². The molecule has 0 bridgehead atoms. The van der Waals surface area contributed by atoms with Crippen LogP contribution in [0.25, 0.3) is 11.0 Å². The third kappa shape index (κ3) is 3.09. The number of benzene rings is 2. The highest BCUT2D eigenvalue weighted by Gasteiger charge is 2.14. The maximum absolute atomic E-state index is 13.3. The van der Waals surface area contributed by atoms with E-state index in [1.165, 1.54) is 12.1 Å². The molecule has 0 saturated carbocycles. The SMILES string of the molecule is OC(Cc1cc(F)ccc1Br)c1cnc2ccccc2n1. The van der Waals surface area contributed by atoms with E-state index in [0.29, 0.717) is 11.3 Å². The molecular weight excluding hydrogens is 335 g/mol. The third-order valence-corrected chi connectivity index (χ3v) is 4.00. The van der Waals surface area contributed by atoms with Crippen LogP contribution in [0.2, 0.25) is 0 Å². The number of para-hydroxylation sites is 2. The monoisotopic (exact) mass is 346 g/mol. The Balaban J connectivity index is 1.89. The minimum atomic E-state index is -0.833. The predicted octanol–water partition coefficient (Wildman–Crippen LogP) is 3.81. The van der Waals surface area contributed by atoms with Crippen molar-refractivity contribution in [3.8, 4) is 0 Å². The lowest BCUT2D eigenvalue weighted by atomic mass is 10.1. The molecule has 0 aliphatic heterocycles. The molecule has 5 heteroatoms. The van der Waals surface area contributed by atoms with Crippen molar-refractivity contribution >= 4 is 27.0 Å². The van der Waals surface area contributed by atoms with E-state index in [9.17, 15) is 9.50 Å². The van der Waals surface area contributed by atoms with Crippen molar-refractivity contribution in [1.82, 2.24) is 9.97 Å². The van der Waals surface area contributed by atoms with E-state index in [1.54, 1.807) is 12.3 Å². The van der Waals surface area contributed by atoms with Gasteiger partial charge < -0.3 is 5.11 Å². The summed E-state index contributed by atoms with van der Waals surface area (Å²) in [6, 6.07) is 11.9. The summed E-state index contributed by atoms with van der Waals surface area (Å²) in [5.74, 6) is -0.329. The zero-order valence-corrected chi connectivity index (χ0v) is 12.6. The van der Waals surface area contributed by atoms with Gasteiger partial charge in [-0.2, -0.15) is 0 Å². The number of rotatable bonds is 3. The Kier molecular flexibility index (Phi) is 3.94. The topological polar surface area (TPSA) is 46.0 Å². The average Bonchev–Trinajstić information content (AvgIpc) is 2.50. The zero-order valence-electron chi connectivity index (χ0n) is 11.0. The second kappa shape index (κ2) is 5.87. The number of fused-ring (bicyclic) bond motifs is 1. The molecule has 106 valence electrons. The van der Waals surface area contributed by atoms with E-state index in [-0.39, 0.29) is 12.2 Å². The summed E-state index contributed by atoms with van der Waals surface area (Å²) < 4.78 is 14.0. The van der Waals surface area contributed by atoms with Crippen molar-refractivity contribution in [2.75, 3.05) is 0 Å².